The van der Waals surface area contributed by atoms with Crippen LogP contribution in [0, 0.1) is 0 Å². The molecule has 0 radical (unpaired) electrons. The molecule has 0 unspecified atom stereocenters. The number of hydrogen-bond donors (Lipinski definition) is 0. The molecule has 0 aliphatic rings. The average Bonchev–Trinajstić information content (AvgIpc) is 3.96. The van der Waals surface area contributed by atoms with Crippen LogP contribution in [-0.2, 0) is 12.8 Å². The average molecular weight is 855 g/mol. The van der Waals surface area contributed by atoms with Gasteiger partial charge in [-0.15, -0.1) is 0 Å². The molecule has 0 spiro atoms. The Bertz CT molecular complexity index is 3500. The monoisotopic (exact) mass is 854 g/mol. The summed E-state index contributed by atoms with van der Waals surface area (Å²) in [7, 11) is 0. The molecule has 66 heavy (non-hydrogen) atoms. The van der Waals surface area contributed by atoms with Gasteiger partial charge in [0.05, 0.1) is 22.7 Å². The van der Waals surface area contributed by atoms with E-state index in [-0.39, 0.29) is 0 Å². The topological polar surface area (TPSA) is 32.8 Å². The zero-order valence-corrected chi connectivity index (χ0v) is 37.4. The molecule has 0 atom stereocenters. The lowest BCUT2D eigenvalue weighted by Crippen LogP contribution is -2.12. The van der Waals surface area contributed by atoms with E-state index in [0.717, 1.165) is 102 Å². The molecule has 0 aliphatic heterocycles. The summed E-state index contributed by atoms with van der Waals surface area (Å²) in [6.45, 7) is 4.51. The van der Waals surface area contributed by atoms with E-state index in [1.54, 1.807) is 0 Å². The molecular formula is C62H50N2O2. The first-order valence-corrected chi connectivity index (χ1v) is 23.6. The molecule has 0 N–H and O–H groups in total. The lowest BCUT2D eigenvalue weighted by atomic mass is 9.93. The number of aryl methyl sites for hydroxylation is 2. The van der Waals surface area contributed by atoms with Crippen molar-refractivity contribution in [3.63, 3.8) is 0 Å². The molecule has 12 rings (SSSR count). The number of rotatable bonds is 12. The van der Waals surface area contributed by atoms with Gasteiger partial charge in [0, 0.05) is 43.7 Å². The molecule has 320 valence electrons. The number of para-hydroxylation sites is 4. The van der Waals surface area contributed by atoms with Crippen LogP contribution in [0.4, 0.5) is 34.1 Å². The Balaban J connectivity index is 1.13. The Kier molecular flexibility index (Phi) is 10.0. The standard InChI is InChI=1S/C62H50N2O2/c1-3-5-17-41-31-35-43(36-32-41)63(55-27-15-25-51-49-23-11-13-29-59(49)65-61(51)55)57-39-53-46-20-8-10-22-48(46)58(40-54(53)45-19-7-9-21-47(45)57)64(44-37-33-42(34-38-44)18-6-4-2)56-28-16-26-52-50-24-12-14-30-60(50)66-62(52)56/h7-16,19-40H,3-6,17-18H2,1-2H3. The van der Waals surface area contributed by atoms with Crippen molar-refractivity contribution in [2.24, 2.45) is 0 Å². The summed E-state index contributed by atoms with van der Waals surface area (Å²) in [5.74, 6) is 0. The molecule has 0 saturated heterocycles. The van der Waals surface area contributed by atoms with Crippen LogP contribution < -0.4 is 9.80 Å². The van der Waals surface area contributed by atoms with E-state index in [4.69, 9.17) is 8.83 Å². The Hall–Kier alpha value is -7.82. The normalized spacial score (nSPS) is 11.8. The van der Waals surface area contributed by atoms with Crippen LogP contribution >= 0.6 is 0 Å². The van der Waals surface area contributed by atoms with E-state index < -0.39 is 0 Å². The van der Waals surface area contributed by atoms with Gasteiger partial charge >= 0.3 is 0 Å². The molecule has 0 saturated carbocycles. The van der Waals surface area contributed by atoms with Crippen LogP contribution in [-0.4, -0.2) is 0 Å². The van der Waals surface area contributed by atoms with E-state index in [2.05, 4.69) is 206 Å². The highest BCUT2D eigenvalue weighted by molar-refractivity contribution is 6.25. The van der Waals surface area contributed by atoms with Crippen molar-refractivity contribution in [2.45, 2.75) is 52.4 Å². The zero-order valence-electron chi connectivity index (χ0n) is 37.4. The highest BCUT2D eigenvalue weighted by Gasteiger charge is 2.26. The van der Waals surface area contributed by atoms with Crippen molar-refractivity contribution in [2.75, 3.05) is 9.80 Å². The predicted molar refractivity (Wildman–Crippen MR) is 280 cm³/mol. The van der Waals surface area contributed by atoms with Crippen LogP contribution in [0.15, 0.2) is 203 Å². The Morgan fingerprint density at radius 1 is 0.318 bits per heavy atom. The van der Waals surface area contributed by atoms with Gasteiger partial charge < -0.3 is 18.6 Å². The lowest BCUT2D eigenvalue weighted by Gasteiger charge is -2.30. The van der Waals surface area contributed by atoms with E-state index in [9.17, 15) is 0 Å². The lowest BCUT2D eigenvalue weighted by molar-refractivity contribution is 0.669. The SMILES string of the molecule is CCCCc1ccc(N(c2cc3c4ccccc4c(N(c4ccc(CCCC)cc4)c4cccc5c4oc4ccccc45)cc3c3ccccc23)c2cccc3c2oc2ccccc23)cc1. The summed E-state index contributed by atoms with van der Waals surface area (Å²) in [6.07, 6.45) is 6.79. The second kappa shape index (κ2) is 16.6. The predicted octanol–water partition coefficient (Wildman–Crippen LogP) is 18.6. The maximum absolute atomic E-state index is 6.80. The number of unbranched alkanes of at least 4 members (excludes halogenated alkanes) is 2. The molecule has 0 amide bonds. The van der Waals surface area contributed by atoms with Crippen LogP contribution in [0.5, 0.6) is 0 Å². The van der Waals surface area contributed by atoms with Crippen molar-refractivity contribution in [1.82, 2.24) is 0 Å². The third kappa shape index (κ3) is 6.67. The summed E-state index contributed by atoms with van der Waals surface area (Å²) in [4.78, 5) is 4.85. The first-order chi connectivity index (χ1) is 32.7. The summed E-state index contributed by atoms with van der Waals surface area (Å²) in [6, 6.07) is 70.9. The first kappa shape index (κ1) is 39.7. The highest BCUT2D eigenvalue weighted by atomic mass is 16.3. The summed E-state index contributed by atoms with van der Waals surface area (Å²) >= 11 is 0. The summed E-state index contributed by atoms with van der Waals surface area (Å²) in [5, 5.41) is 11.5. The van der Waals surface area contributed by atoms with Crippen molar-refractivity contribution in [1.29, 1.82) is 0 Å². The first-order valence-electron chi connectivity index (χ1n) is 23.6. The minimum absolute atomic E-state index is 0.870. The molecule has 12 aromatic rings. The third-order valence-corrected chi connectivity index (χ3v) is 13.6. The second-order valence-electron chi connectivity index (χ2n) is 17.7. The van der Waals surface area contributed by atoms with Gasteiger partial charge in [-0.3, -0.25) is 0 Å². The highest BCUT2D eigenvalue weighted by Crippen LogP contribution is 2.50. The van der Waals surface area contributed by atoms with Gasteiger partial charge in [0.15, 0.2) is 11.2 Å². The number of fused-ring (bicyclic) bond motifs is 11. The Labute approximate surface area is 384 Å². The molecule has 0 fully saturated rings. The van der Waals surface area contributed by atoms with Gasteiger partial charge in [0.1, 0.15) is 11.2 Å². The number of benzene rings is 10. The Morgan fingerprint density at radius 3 is 1.09 bits per heavy atom. The summed E-state index contributed by atoms with van der Waals surface area (Å²) in [5.41, 5.74) is 12.6. The fourth-order valence-corrected chi connectivity index (χ4v) is 10.3. The van der Waals surface area contributed by atoms with Crippen LogP contribution in [0.25, 0.3) is 76.2 Å². The molecule has 0 aliphatic carbocycles. The fourth-order valence-electron chi connectivity index (χ4n) is 10.3. The van der Waals surface area contributed by atoms with Crippen LogP contribution in [0.3, 0.4) is 0 Å². The van der Waals surface area contributed by atoms with Crippen molar-refractivity contribution in [3.8, 4) is 0 Å². The van der Waals surface area contributed by atoms with Crippen LogP contribution in [0.1, 0.15) is 50.7 Å². The minimum Gasteiger partial charge on any atom is -0.454 e. The van der Waals surface area contributed by atoms with Gasteiger partial charge in [0.25, 0.3) is 0 Å². The third-order valence-electron chi connectivity index (χ3n) is 13.6. The van der Waals surface area contributed by atoms with Crippen molar-refractivity contribution >= 4 is 110 Å². The minimum atomic E-state index is 0.870. The largest absolute Gasteiger partial charge is 0.454 e. The maximum Gasteiger partial charge on any atom is 0.159 e. The van der Waals surface area contributed by atoms with Gasteiger partial charge in [-0.05, 0) is 119 Å². The van der Waals surface area contributed by atoms with Crippen molar-refractivity contribution in [3.05, 3.63) is 205 Å². The maximum atomic E-state index is 6.80. The van der Waals surface area contributed by atoms with Gasteiger partial charge in [-0.2, -0.15) is 0 Å². The number of anilines is 6. The molecule has 2 heterocycles. The quantitative estimate of drug-likeness (QED) is 0.115. The number of nitrogens with zero attached hydrogens (tertiary/aromatic N) is 2. The van der Waals surface area contributed by atoms with E-state index in [1.165, 1.54) is 58.4 Å². The molecule has 0 bridgehead atoms. The molecule has 4 heteroatoms. The van der Waals surface area contributed by atoms with Gasteiger partial charge in [-0.25, -0.2) is 0 Å². The zero-order chi connectivity index (χ0) is 44.1. The summed E-state index contributed by atoms with van der Waals surface area (Å²) < 4.78 is 13.6. The molecule has 2 aromatic heterocycles. The van der Waals surface area contributed by atoms with Gasteiger partial charge in [0.2, 0.25) is 0 Å². The van der Waals surface area contributed by atoms with Gasteiger partial charge in [-0.1, -0.05) is 160 Å². The van der Waals surface area contributed by atoms with Crippen LogP contribution in [0.2, 0.25) is 0 Å². The van der Waals surface area contributed by atoms with E-state index in [1.807, 2.05) is 12.1 Å². The van der Waals surface area contributed by atoms with E-state index >= 15 is 0 Å². The smallest absolute Gasteiger partial charge is 0.159 e. The molecule has 4 nitrogen and oxygen atoms in total. The van der Waals surface area contributed by atoms with Crippen molar-refractivity contribution < 1.29 is 8.83 Å². The van der Waals surface area contributed by atoms with E-state index in [0.29, 0.717) is 0 Å². The number of furan rings is 2. The Morgan fingerprint density at radius 2 is 0.682 bits per heavy atom. The molecular weight excluding hydrogens is 805 g/mol. The second-order valence-corrected chi connectivity index (χ2v) is 17.7. The fraction of sp³-hybridized carbons (Fsp3) is 0.129. The number of hydrogen-bond acceptors (Lipinski definition) is 4. The molecule has 10 aromatic carbocycles.